The van der Waals surface area contributed by atoms with E-state index in [1.54, 1.807) is 0 Å². The summed E-state index contributed by atoms with van der Waals surface area (Å²) in [5.41, 5.74) is 3.32. The summed E-state index contributed by atoms with van der Waals surface area (Å²) in [6.07, 6.45) is 3.91. The zero-order chi connectivity index (χ0) is 16.2. The van der Waals surface area contributed by atoms with Gasteiger partial charge >= 0.3 is 0 Å². The number of nitrogens with one attached hydrogen (secondary N) is 1. The molecule has 0 bridgehead atoms. The molecule has 23 heavy (non-hydrogen) atoms. The van der Waals surface area contributed by atoms with Gasteiger partial charge in [-0.1, -0.05) is 29.8 Å². The predicted molar refractivity (Wildman–Crippen MR) is 94.8 cm³/mol. The van der Waals surface area contributed by atoms with Crippen molar-refractivity contribution in [2.75, 3.05) is 6.61 Å². The van der Waals surface area contributed by atoms with Gasteiger partial charge in [0, 0.05) is 18.2 Å². The standard InChI is InChI=1S/C19H23NO2S/c1-13-2-6-15(7-3-13)17-10-11-23-18(17)19(22)20-16-8-4-14(12-21)5-9-16/h2-3,6-7,10-11,14,16,21H,4-5,8-9,12H2,1H3,(H,20,22). The van der Waals surface area contributed by atoms with Crippen LogP contribution in [0.25, 0.3) is 11.1 Å². The predicted octanol–water partition coefficient (Wildman–Crippen LogP) is 4.00. The van der Waals surface area contributed by atoms with Crippen LogP contribution in [-0.2, 0) is 0 Å². The molecule has 1 aromatic heterocycles. The van der Waals surface area contributed by atoms with Crippen molar-refractivity contribution < 1.29 is 9.90 Å². The quantitative estimate of drug-likeness (QED) is 0.890. The zero-order valence-electron chi connectivity index (χ0n) is 13.4. The van der Waals surface area contributed by atoms with Gasteiger partial charge in [-0.2, -0.15) is 0 Å². The molecule has 3 rings (SSSR count). The highest BCUT2D eigenvalue weighted by atomic mass is 32.1. The summed E-state index contributed by atoms with van der Waals surface area (Å²) in [5, 5.41) is 14.4. The molecule has 0 spiro atoms. The first-order valence-corrected chi connectivity index (χ1v) is 9.11. The van der Waals surface area contributed by atoms with Crippen LogP contribution >= 0.6 is 11.3 Å². The Bertz CT molecular complexity index is 654. The van der Waals surface area contributed by atoms with Gasteiger partial charge in [0.2, 0.25) is 0 Å². The largest absolute Gasteiger partial charge is 0.396 e. The highest BCUT2D eigenvalue weighted by Gasteiger charge is 2.23. The first kappa shape index (κ1) is 16.2. The third-order valence-corrected chi connectivity index (χ3v) is 5.59. The number of hydrogen-bond acceptors (Lipinski definition) is 3. The maximum absolute atomic E-state index is 12.6. The smallest absolute Gasteiger partial charge is 0.262 e. The molecule has 122 valence electrons. The van der Waals surface area contributed by atoms with Crippen LogP contribution in [0.3, 0.4) is 0 Å². The minimum atomic E-state index is 0.0306. The van der Waals surface area contributed by atoms with Gasteiger partial charge in [0.05, 0.1) is 4.88 Å². The Labute approximate surface area is 141 Å². The lowest BCUT2D eigenvalue weighted by molar-refractivity contribution is 0.0918. The van der Waals surface area contributed by atoms with Crippen molar-refractivity contribution in [1.29, 1.82) is 0 Å². The Morgan fingerprint density at radius 3 is 2.52 bits per heavy atom. The maximum atomic E-state index is 12.6. The van der Waals surface area contributed by atoms with E-state index in [0.717, 1.165) is 41.7 Å². The molecule has 2 aromatic rings. The lowest BCUT2D eigenvalue weighted by Gasteiger charge is -2.27. The van der Waals surface area contributed by atoms with E-state index in [9.17, 15) is 9.90 Å². The van der Waals surface area contributed by atoms with Crippen molar-refractivity contribution >= 4 is 17.2 Å². The van der Waals surface area contributed by atoms with Crippen molar-refractivity contribution in [2.24, 2.45) is 5.92 Å². The Morgan fingerprint density at radius 1 is 1.17 bits per heavy atom. The zero-order valence-corrected chi connectivity index (χ0v) is 14.2. The Morgan fingerprint density at radius 2 is 1.87 bits per heavy atom. The lowest BCUT2D eigenvalue weighted by atomic mass is 9.86. The van der Waals surface area contributed by atoms with Gasteiger partial charge in [-0.3, -0.25) is 4.79 Å². The van der Waals surface area contributed by atoms with E-state index < -0.39 is 0 Å². The monoisotopic (exact) mass is 329 g/mol. The van der Waals surface area contributed by atoms with Gasteiger partial charge < -0.3 is 10.4 Å². The summed E-state index contributed by atoms with van der Waals surface area (Å²) in [6.45, 7) is 2.33. The van der Waals surface area contributed by atoms with Crippen LogP contribution in [0.5, 0.6) is 0 Å². The molecule has 0 atom stereocenters. The second kappa shape index (κ2) is 7.28. The van der Waals surface area contributed by atoms with Crippen molar-refractivity contribution in [3.63, 3.8) is 0 Å². The van der Waals surface area contributed by atoms with E-state index in [0.29, 0.717) is 5.92 Å². The van der Waals surface area contributed by atoms with Gasteiger partial charge in [0.25, 0.3) is 5.91 Å². The molecule has 1 amide bonds. The third-order valence-electron chi connectivity index (χ3n) is 4.67. The summed E-state index contributed by atoms with van der Waals surface area (Å²) < 4.78 is 0. The molecule has 1 aromatic carbocycles. The second-order valence-corrected chi connectivity index (χ2v) is 7.32. The molecule has 1 fully saturated rings. The number of rotatable bonds is 4. The van der Waals surface area contributed by atoms with E-state index in [1.807, 2.05) is 11.4 Å². The van der Waals surface area contributed by atoms with Crippen LogP contribution in [0.4, 0.5) is 0 Å². The van der Waals surface area contributed by atoms with E-state index in [2.05, 4.69) is 36.5 Å². The van der Waals surface area contributed by atoms with Gasteiger partial charge in [-0.15, -0.1) is 11.3 Å². The van der Waals surface area contributed by atoms with Gasteiger partial charge in [0.15, 0.2) is 0 Å². The van der Waals surface area contributed by atoms with Crippen molar-refractivity contribution in [3.8, 4) is 11.1 Å². The maximum Gasteiger partial charge on any atom is 0.262 e. The second-order valence-electron chi connectivity index (χ2n) is 6.40. The average Bonchev–Trinajstić information content (AvgIpc) is 3.06. The third kappa shape index (κ3) is 3.82. The van der Waals surface area contributed by atoms with E-state index >= 15 is 0 Å². The fourth-order valence-corrected chi connectivity index (χ4v) is 4.00. The summed E-state index contributed by atoms with van der Waals surface area (Å²) in [5.74, 6) is 0.441. The number of benzene rings is 1. The highest BCUT2D eigenvalue weighted by molar-refractivity contribution is 7.12. The van der Waals surface area contributed by atoms with Crippen molar-refractivity contribution in [3.05, 3.63) is 46.2 Å². The number of carbonyl (C=O) groups is 1. The molecule has 1 aliphatic rings. The number of carbonyl (C=O) groups excluding carboxylic acids is 1. The van der Waals surface area contributed by atoms with Crippen LogP contribution in [0, 0.1) is 12.8 Å². The minimum absolute atomic E-state index is 0.0306. The summed E-state index contributed by atoms with van der Waals surface area (Å²) >= 11 is 1.50. The fourth-order valence-electron chi connectivity index (χ4n) is 3.19. The SMILES string of the molecule is Cc1ccc(-c2ccsc2C(=O)NC2CCC(CO)CC2)cc1. The van der Waals surface area contributed by atoms with E-state index in [1.165, 1.54) is 16.9 Å². The normalized spacial score (nSPS) is 21.1. The van der Waals surface area contributed by atoms with Crippen molar-refractivity contribution in [1.82, 2.24) is 5.32 Å². The molecular weight excluding hydrogens is 306 g/mol. The summed E-state index contributed by atoms with van der Waals surface area (Å²) in [4.78, 5) is 13.4. The minimum Gasteiger partial charge on any atom is -0.396 e. The van der Waals surface area contributed by atoms with E-state index in [4.69, 9.17) is 0 Å². The Hall–Kier alpha value is -1.65. The average molecular weight is 329 g/mol. The Kier molecular flexibility index (Phi) is 5.13. The molecular formula is C19H23NO2S. The molecule has 1 aliphatic carbocycles. The topological polar surface area (TPSA) is 49.3 Å². The molecule has 2 N–H and O–H groups in total. The van der Waals surface area contributed by atoms with Crippen LogP contribution in [0.1, 0.15) is 40.9 Å². The fraction of sp³-hybridized carbons (Fsp3) is 0.421. The van der Waals surface area contributed by atoms with Crippen LogP contribution in [-0.4, -0.2) is 23.7 Å². The van der Waals surface area contributed by atoms with Crippen LogP contribution in [0.15, 0.2) is 35.7 Å². The molecule has 0 aliphatic heterocycles. The van der Waals surface area contributed by atoms with Crippen molar-refractivity contribution in [2.45, 2.75) is 38.6 Å². The summed E-state index contributed by atoms with van der Waals surface area (Å²) in [7, 11) is 0. The molecule has 4 heteroatoms. The molecule has 1 saturated carbocycles. The van der Waals surface area contributed by atoms with Gasteiger partial charge in [-0.25, -0.2) is 0 Å². The number of aliphatic hydroxyl groups is 1. The molecule has 1 heterocycles. The van der Waals surface area contributed by atoms with E-state index in [-0.39, 0.29) is 18.6 Å². The van der Waals surface area contributed by atoms with Crippen LogP contribution < -0.4 is 5.32 Å². The van der Waals surface area contributed by atoms with Gasteiger partial charge in [0.1, 0.15) is 0 Å². The Balaban J connectivity index is 1.69. The van der Waals surface area contributed by atoms with Gasteiger partial charge in [-0.05, 0) is 55.5 Å². The van der Waals surface area contributed by atoms with Crippen LogP contribution in [0.2, 0.25) is 0 Å². The number of thiophene rings is 1. The number of aryl methyl sites for hydroxylation is 1. The molecule has 3 nitrogen and oxygen atoms in total. The number of aliphatic hydroxyl groups excluding tert-OH is 1. The lowest BCUT2D eigenvalue weighted by Crippen LogP contribution is -2.37. The highest BCUT2D eigenvalue weighted by Crippen LogP contribution is 2.29. The number of hydrogen-bond donors (Lipinski definition) is 2. The number of amides is 1. The molecule has 0 saturated heterocycles. The first-order valence-electron chi connectivity index (χ1n) is 8.23. The molecule has 0 radical (unpaired) electrons. The molecule has 0 unspecified atom stereocenters. The summed E-state index contributed by atoms with van der Waals surface area (Å²) in [6, 6.07) is 10.5. The first-order chi connectivity index (χ1) is 11.2.